The van der Waals surface area contributed by atoms with Crippen LogP contribution in [0.3, 0.4) is 0 Å². The number of hydrogen-bond acceptors (Lipinski definition) is 3. The number of H-pyrrole nitrogens is 2. The van der Waals surface area contributed by atoms with Crippen molar-refractivity contribution in [3.8, 4) is 11.4 Å². The molecule has 3 aromatic heterocycles. The number of fused-ring (bicyclic) bond motifs is 2. The molecule has 0 radical (unpaired) electrons. The van der Waals surface area contributed by atoms with Crippen LogP contribution in [0.1, 0.15) is 24.8 Å². The van der Waals surface area contributed by atoms with Crippen LogP contribution in [0.4, 0.5) is 0 Å². The number of nitrogens with one attached hydrogen (secondary N) is 2. The van der Waals surface area contributed by atoms with Gasteiger partial charge in [0.25, 0.3) is 0 Å². The third-order valence-corrected chi connectivity index (χ3v) is 5.17. The van der Waals surface area contributed by atoms with E-state index in [0.717, 1.165) is 34.2 Å². The second-order valence-corrected chi connectivity index (χ2v) is 6.47. The number of hydrogen-bond donors (Lipinski definition) is 3. The van der Waals surface area contributed by atoms with E-state index < -0.39 is 0 Å². The van der Waals surface area contributed by atoms with E-state index in [0.29, 0.717) is 0 Å². The van der Waals surface area contributed by atoms with E-state index in [-0.39, 0.29) is 12.5 Å². The first-order chi connectivity index (χ1) is 10.8. The molecule has 3 N–H and O–H groups in total. The SMILES string of the molecule is CC[C@@H](CO)c1ccc2[nH]c(-c3n[nH]c4ccsc34)cc2c1. The number of aromatic amines is 2. The van der Waals surface area contributed by atoms with E-state index in [9.17, 15) is 5.11 Å². The van der Waals surface area contributed by atoms with Gasteiger partial charge in [-0.05, 0) is 41.6 Å². The molecule has 0 aliphatic heterocycles. The minimum Gasteiger partial charge on any atom is -0.396 e. The van der Waals surface area contributed by atoms with Gasteiger partial charge in [0, 0.05) is 23.4 Å². The molecule has 0 aliphatic rings. The van der Waals surface area contributed by atoms with Crippen LogP contribution in [0.25, 0.3) is 32.5 Å². The summed E-state index contributed by atoms with van der Waals surface area (Å²) in [6.07, 6.45) is 0.939. The predicted octanol–water partition coefficient (Wildman–Crippen LogP) is 4.26. The van der Waals surface area contributed by atoms with Gasteiger partial charge < -0.3 is 10.1 Å². The van der Waals surface area contributed by atoms with Crippen molar-refractivity contribution in [3.05, 3.63) is 41.3 Å². The van der Waals surface area contributed by atoms with Crippen molar-refractivity contribution in [2.45, 2.75) is 19.3 Å². The lowest BCUT2D eigenvalue weighted by Crippen LogP contribution is -2.01. The van der Waals surface area contributed by atoms with E-state index in [1.54, 1.807) is 11.3 Å². The zero-order valence-corrected chi connectivity index (χ0v) is 13.1. The zero-order valence-electron chi connectivity index (χ0n) is 12.3. The highest BCUT2D eigenvalue weighted by Crippen LogP contribution is 2.32. The Bertz CT molecular complexity index is 930. The summed E-state index contributed by atoms with van der Waals surface area (Å²) in [7, 11) is 0. The molecule has 0 saturated carbocycles. The maximum absolute atomic E-state index is 9.48. The topological polar surface area (TPSA) is 64.7 Å². The molecule has 5 heteroatoms. The van der Waals surface area contributed by atoms with Crippen molar-refractivity contribution >= 4 is 32.5 Å². The van der Waals surface area contributed by atoms with Gasteiger partial charge in [-0.1, -0.05) is 13.0 Å². The number of aliphatic hydroxyl groups excluding tert-OH is 1. The maximum atomic E-state index is 9.48. The Morgan fingerprint density at radius 2 is 2.14 bits per heavy atom. The smallest absolute Gasteiger partial charge is 0.126 e. The summed E-state index contributed by atoms with van der Waals surface area (Å²) in [5, 5.41) is 20.2. The van der Waals surface area contributed by atoms with Gasteiger partial charge >= 0.3 is 0 Å². The van der Waals surface area contributed by atoms with Crippen LogP contribution in [0.2, 0.25) is 0 Å². The monoisotopic (exact) mass is 311 g/mol. The summed E-state index contributed by atoms with van der Waals surface area (Å²) >= 11 is 1.69. The molecule has 3 heterocycles. The lowest BCUT2D eigenvalue weighted by Gasteiger charge is -2.11. The molecule has 0 saturated heterocycles. The fourth-order valence-corrected chi connectivity index (χ4v) is 3.78. The molecule has 112 valence electrons. The van der Waals surface area contributed by atoms with Crippen molar-refractivity contribution in [2.24, 2.45) is 0 Å². The highest BCUT2D eigenvalue weighted by molar-refractivity contribution is 7.17. The molecule has 0 aliphatic carbocycles. The summed E-state index contributed by atoms with van der Waals surface area (Å²) < 4.78 is 1.17. The predicted molar refractivity (Wildman–Crippen MR) is 91.4 cm³/mol. The molecule has 1 aromatic carbocycles. The lowest BCUT2D eigenvalue weighted by molar-refractivity contribution is 0.262. The van der Waals surface area contributed by atoms with Crippen LogP contribution in [-0.2, 0) is 0 Å². The van der Waals surface area contributed by atoms with Gasteiger partial charge in [0.2, 0.25) is 0 Å². The first kappa shape index (κ1) is 13.5. The Morgan fingerprint density at radius 1 is 1.23 bits per heavy atom. The van der Waals surface area contributed by atoms with Crippen LogP contribution in [0.15, 0.2) is 35.7 Å². The van der Waals surface area contributed by atoms with Gasteiger partial charge in [-0.3, -0.25) is 5.10 Å². The third-order valence-electron chi connectivity index (χ3n) is 4.25. The van der Waals surface area contributed by atoms with Crippen LogP contribution in [0, 0.1) is 0 Å². The molecule has 0 amide bonds. The van der Waals surface area contributed by atoms with Crippen molar-refractivity contribution in [3.63, 3.8) is 0 Å². The second-order valence-electron chi connectivity index (χ2n) is 5.55. The average Bonchev–Trinajstić information content (AvgIpc) is 3.22. The average molecular weight is 311 g/mol. The number of aliphatic hydroxyl groups is 1. The summed E-state index contributed by atoms with van der Waals surface area (Å²) in [6.45, 7) is 2.29. The Morgan fingerprint density at radius 3 is 2.95 bits per heavy atom. The fraction of sp³-hybridized carbons (Fsp3) is 0.235. The van der Waals surface area contributed by atoms with Crippen LogP contribution in [-0.4, -0.2) is 26.9 Å². The molecule has 0 spiro atoms. The number of aromatic nitrogens is 3. The summed E-state index contributed by atoms with van der Waals surface area (Å²) in [5.41, 5.74) is 5.35. The van der Waals surface area contributed by atoms with E-state index in [4.69, 9.17) is 0 Å². The minimum atomic E-state index is 0.189. The summed E-state index contributed by atoms with van der Waals surface area (Å²) in [5.74, 6) is 0.206. The van der Waals surface area contributed by atoms with Crippen LogP contribution >= 0.6 is 11.3 Å². The Labute approximate surface area is 131 Å². The van der Waals surface area contributed by atoms with Gasteiger partial charge in [-0.25, -0.2) is 0 Å². The molecule has 1 atom stereocenters. The second kappa shape index (κ2) is 5.26. The highest BCUT2D eigenvalue weighted by atomic mass is 32.1. The quantitative estimate of drug-likeness (QED) is 0.527. The molecule has 4 aromatic rings. The van der Waals surface area contributed by atoms with E-state index in [1.165, 1.54) is 10.3 Å². The van der Waals surface area contributed by atoms with Gasteiger partial charge in [0.1, 0.15) is 5.69 Å². The van der Waals surface area contributed by atoms with E-state index >= 15 is 0 Å². The van der Waals surface area contributed by atoms with Crippen molar-refractivity contribution in [1.82, 2.24) is 15.2 Å². The van der Waals surface area contributed by atoms with Gasteiger partial charge in [0.15, 0.2) is 0 Å². The Hall–Kier alpha value is -2.11. The fourth-order valence-electron chi connectivity index (χ4n) is 2.93. The standard InChI is InChI=1S/C17H17N3OS/c1-2-10(9-21)11-3-4-13-12(7-11)8-15(18-13)16-17-14(19-20-16)5-6-22-17/h3-8,10,18,21H,2,9H2,1H3,(H,19,20)/t10-/m0/s1. The van der Waals surface area contributed by atoms with Gasteiger partial charge in [-0.2, -0.15) is 5.10 Å². The Balaban J connectivity index is 1.82. The molecule has 0 fully saturated rings. The van der Waals surface area contributed by atoms with Gasteiger partial charge in [0.05, 0.1) is 15.9 Å². The lowest BCUT2D eigenvalue weighted by atomic mass is 9.96. The number of benzene rings is 1. The number of rotatable bonds is 4. The first-order valence-electron chi connectivity index (χ1n) is 7.45. The van der Waals surface area contributed by atoms with Crippen LogP contribution < -0.4 is 0 Å². The first-order valence-corrected chi connectivity index (χ1v) is 8.33. The molecule has 0 bridgehead atoms. The molecule has 4 rings (SSSR count). The molecule has 22 heavy (non-hydrogen) atoms. The third kappa shape index (κ3) is 2.05. The Kier molecular flexibility index (Phi) is 3.24. The summed E-state index contributed by atoms with van der Waals surface area (Å²) in [4.78, 5) is 3.44. The maximum Gasteiger partial charge on any atom is 0.126 e. The van der Waals surface area contributed by atoms with Crippen LogP contribution in [0.5, 0.6) is 0 Å². The molecule has 4 nitrogen and oxygen atoms in total. The van der Waals surface area contributed by atoms with E-state index in [1.807, 2.05) is 6.07 Å². The highest BCUT2D eigenvalue weighted by Gasteiger charge is 2.13. The largest absolute Gasteiger partial charge is 0.396 e. The van der Waals surface area contributed by atoms with E-state index in [2.05, 4.69) is 51.8 Å². The van der Waals surface area contributed by atoms with Gasteiger partial charge in [-0.15, -0.1) is 11.3 Å². The number of nitrogens with zero attached hydrogens (tertiary/aromatic N) is 1. The van der Waals surface area contributed by atoms with Crippen molar-refractivity contribution in [1.29, 1.82) is 0 Å². The normalized spacial score (nSPS) is 13.2. The van der Waals surface area contributed by atoms with Crippen molar-refractivity contribution in [2.75, 3.05) is 6.61 Å². The zero-order chi connectivity index (χ0) is 15.1. The molecular weight excluding hydrogens is 294 g/mol. The minimum absolute atomic E-state index is 0.189. The molecular formula is C17H17N3OS. The molecule has 0 unspecified atom stereocenters. The van der Waals surface area contributed by atoms with Crippen molar-refractivity contribution < 1.29 is 5.11 Å². The number of thiophene rings is 1. The summed E-state index contributed by atoms with van der Waals surface area (Å²) in [6, 6.07) is 10.5.